The summed E-state index contributed by atoms with van der Waals surface area (Å²) in [6, 6.07) is 17.2. The number of benzene rings is 4. The van der Waals surface area contributed by atoms with Crippen LogP contribution in [0.2, 0.25) is 10.0 Å². The molecule has 0 fully saturated rings. The summed E-state index contributed by atoms with van der Waals surface area (Å²) in [5.41, 5.74) is -0.522. The number of ether oxygens (including phenoxy) is 1. The van der Waals surface area contributed by atoms with Crippen molar-refractivity contribution in [3.05, 3.63) is 100 Å². The molecule has 0 aliphatic carbocycles. The van der Waals surface area contributed by atoms with Crippen molar-refractivity contribution in [1.29, 1.82) is 0 Å². The molecule has 0 saturated heterocycles. The molecule has 5 nitrogen and oxygen atoms in total. The maximum Gasteiger partial charge on any atom is 0.326 e. The number of anilines is 1. The van der Waals surface area contributed by atoms with Gasteiger partial charge in [-0.1, -0.05) is 53.5 Å². The Hall–Kier alpha value is -3.68. The van der Waals surface area contributed by atoms with Crippen molar-refractivity contribution >= 4 is 51.6 Å². The van der Waals surface area contributed by atoms with Gasteiger partial charge in [0.2, 0.25) is 0 Å². The zero-order chi connectivity index (χ0) is 23.5. The van der Waals surface area contributed by atoms with Crippen LogP contribution in [0.1, 0.15) is 10.4 Å². The molecule has 3 amide bonds. The summed E-state index contributed by atoms with van der Waals surface area (Å²) in [6.07, 6.45) is 0. The van der Waals surface area contributed by atoms with Crippen molar-refractivity contribution in [1.82, 2.24) is 5.32 Å². The van der Waals surface area contributed by atoms with Gasteiger partial charge in [0.15, 0.2) is 0 Å². The lowest BCUT2D eigenvalue weighted by atomic mass is 10.1. The van der Waals surface area contributed by atoms with E-state index >= 15 is 0 Å². The van der Waals surface area contributed by atoms with Crippen molar-refractivity contribution in [3.63, 3.8) is 0 Å². The van der Waals surface area contributed by atoms with E-state index in [1.54, 1.807) is 18.2 Å². The highest BCUT2D eigenvalue weighted by atomic mass is 35.5. The van der Waals surface area contributed by atoms with Crippen LogP contribution in [-0.4, -0.2) is 11.9 Å². The molecule has 2 N–H and O–H groups in total. The fraction of sp³-hybridized carbons (Fsp3) is 0. The van der Waals surface area contributed by atoms with Gasteiger partial charge in [-0.15, -0.1) is 0 Å². The first-order chi connectivity index (χ1) is 15.8. The first kappa shape index (κ1) is 22.5. The number of rotatable bonds is 4. The largest absolute Gasteiger partial charge is 0.457 e. The van der Waals surface area contributed by atoms with E-state index in [9.17, 15) is 18.4 Å². The predicted molar refractivity (Wildman–Crippen MR) is 123 cm³/mol. The second-order valence-corrected chi connectivity index (χ2v) is 7.63. The van der Waals surface area contributed by atoms with Crippen molar-refractivity contribution in [2.24, 2.45) is 0 Å². The van der Waals surface area contributed by atoms with Crippen LogP contribution in [0.3, 0.4) is 0 Å². The number of hydrogen-bond acceptors (Lipinski definition) is 3. The van der Waals surface area contributed by atoms with Crippen molar-refractivity contribution in [2.75, 3.05) is 5.32 Å². The Morgan fingerprint density at radius 3 is 2.12 bits per heavy atom. The van der Waals surface area contributed by atoms with E-state index in [-0.39, 0.29) is 0 Å². The van der Waals surface area contributed by atoms with E-state index < -0.39 is 29.1 Å². The number of amides is 3. The van der Waals surface area contributed by atoms with Gasteiger partial charge in [-0.25, -0.2) is 13.6 Å². The standard InChI is InChI=1S/C24H14Cl2F2N2O3/c25-17-12-20(15-4-1-2-5-16(15)22(17)26)33-14-10-8-13(9-11-14)29-24(32)30-23(31)21-18(27)6-3-7-19(21)28/h1-12H,(H2,29,30,31,32). The number of urea groups is 1. The van der Waals surface area contributed by atoms with E-state index in [2.05, 4.69) is 5.32 Å². The smallest absolute Gasteiger partial charge is 0.326 e. The minimum atomic E-state index is -1.20. The Labute approximate surface area is 196 Å². The minimum Gasteiger partial charge on any atom is -0.457 e. The maximum atomic E-state index is 13.7. The topological polar surface area (TPSA) is 67.4 Å². The molecule has 0 aromatic heterocycles. The average molecular weight is 487 g/mol. The van der Waals surface area contributed by atoms with Crippen molar-refractivity contribution in [2.45, 2.75) is 0 Å². The summed E-state index contributed by atoms with van der Waals surface area (Å²) in [6.45, 7) is 0. The van der Waals surface area contributed by atoms with Crippen LogP contribution < -0.4 is 15.4 Å². The quantitative estimate of drug-likeness (QED) is 0.321. The van der Waals surface area contributed by atoms with Gasteiger partial charge in [-0.05, 0) is 36.4 Å². The third-order valence-electron chi connectivity index (χ3n) is 4.65. The van der Waals surface area contributed by atoms with Crippen LogP contribution in [0.25, 0.3) is 10.8 Å². The summed E-state index contributed by atoms with van der Waals surface area (Å²) in [4.78, 5) is 24.1. The van der Waals surface area contributed by atoms with E-state index in [0.717, 1.165) is 29.0 Å². The number of hydrogen-bond donors (Lipinski definition) is 2. The molecule has 0 spiro atoms. The van der Waals surface area contributed by atoms with Crippen LogP contribution in [0.5, 0.6) is 11.5 Å². The molecule has 0 aliphatic heterocycles. The maximum absolute atomic E-state index is 13.7. The van der Waals surface area contributed by atoms with Crippen LogP contribution in [0.4, 0.5) is 19.3 Å². The van der Waals surface area contributed by atoms with Crippen molar-refractivity contribution < 1.29 is 23.1 Å². The molecule has 4 rings (SSSR count). The Kier molecular flexibility index (Phi) is 6.44. The molecule has 166 valence electrons. The van der Waals surface area contributed by atoms with Crippen LogP contribution in [0.15, 0.2) is 72.8 Å². The average Bonchev–Trinajstić information content (AvgIpc) is 2.78. The summed E-state index contributed by atoms with van der Waals surface area (Å²) in [5, 5.41) is 6.58. The summed E-state index contributed by atoms with van der Waals surface area (Å²) >= 11 is 12.5. The number of carbonyl (C=O) groups is 2. The molecule has 4 aromatic rings. The third-order valence-corrected chi connectivity index (χ3v) is 5.46. The molecular weight excluding hydrogens is 473 g/mol. The summed E-state index contributed by atoms with van der Waals surface area (Å²) < 4.78 is 33.3. The highest BCUT2D eigenvalue weighted by molar-refractivity contribution is 6.45. The Bertz CT molecular complexity index is 1360. The van der Waals surface area contributed by atoms with Crippen LogP contribution >= 0.6 is 23.2 Å². The molecular formula is C24H14Cl2F2N2O3. The lowest BCUT2D eigenvalue weighted by Crippen LogP contribution is -2.35. The lowest BCUT2D eigenvalue weighted by Gasteiger charge is -2.12. The molecule has 0 radical (unpaired) electrons. The molecule has 0 bridgehead atoms. The number of nitrogens with one attached hydrogen (secondary N) is 2. The molecule has 0 heterocycles. The Balaban J connectivity index is 1.45. The van der Waals surface area contributed by atoms with E-state index in [1.807, 2.05) is 29.6 Å². The lowest BCUT2D eigenvalue weighted by molar-refractivity contribution is 0.0959. The van der Waals surface area contributed by atoms with Crippen LogP contribution in [-0.2, 0) is 0 Å². The second kappa shape index (κ2) is 9.44. The Morgan fingerprint density at radius 1 is 0.818 bits per heavy atom. The first-order valence-corrected chi connectivity index (χ1v) is 10.3. The molecule has 33 heavy (non-hydrogen) atoms. The Morgan fingerprint density at radius 2 is 1.45 bits per heavy atom. The normalized spacial score (nSPS) is 10.7. The van der Waals surface area contributed by atoms with Gasteiger partial charge in [-0.2, -0.15) is 0 Å². The van der Waals surface area contributed by atoms with E-state index in [4.69, 9.17) is 27.9 Å². The number of carbonyl (C=O) groups excluding carboxylic acids is 2. The molecule has 9 heteroatoms. The number of halogens is 4. The second-order valence-electron chi connectivity index (χ2n) is 6.85. The van der Waals surface area contributed by atoms with Crippen LogP contribution in [0, 0.1) is 11.6 Å². The molecule has 4 aromatic carbocycles. The first-order valence-electron chi connectivity index (χ1n) is 9.54. The van der Waals surface area contributed by atoms with E-state index in [1.165, 1.54) is 12.1 Å². The van der Waals surface area contributed by atoms with Gasteiger partial charge in [0.05, 0.1) is 10.0 Å². The van der Waals surface area contributed by atoms with E-state index in [0.29, 0.717) is 27.2 Å². The highest BCUT2D eigenvalue weighted by Crippen LogP contribution is 2.39. The van der Waals surface area contributed by atoms with Gasteiger partial charge in [0.1, 0.15) is 28.7 Å². The third kappa shape index (κ3) is 4.89. The number of fused-ring (bicyclic) bond motifs is 1. The molecule has 0 unspecified atom stereocenters. The van der Waals surface area contributed by atoms with Gasteiger partial charge in [0, 0.05) is 22.5 Å². The molecule has 0 aliphatic rings. The monoisotopic (exact) mass is 486 g/mol. The fourth-order valence-corrected chi connectivity index (χ4v) is 3.55. The molecule has 0 atom stereocenters. The summed E-state index contributed by atoms with van der Waals surface area (Å²) in [5.74, 6) is -2.40. The fourth-order valence-electron chi connectivity index (χ4n) is 3.13. The zero-order valence-electron chi connectivity index (χ0n) is 16.7. The zero-order valence-corrected chi connectivity index (χ0v) is 18.2. The predicted octanol–water partition coefficient (Wildman–Crippen LogP) is 7.18. The highest BCUT2D eigenvalue weighted by Gasteiger charge is 2.19. The van der Waals surface area contributed by atoms with Crippen molar-refractivity contribution in [3.8, 4) is 11.5 Å². The van der Waals surface area contributed by atoms with Gasteiger partial charge < -0.3 is 10.1 Å². The van der Waals surface area contributed by atoms with Gasteiger partial charge in [0.25, 0.3) is 5.91 Å². The molecule has 0 saturated carbocycles. The minimum absolute atomic E-state index is 0.320. The SMILES string of the molecule is O=C(NC(=O)c1c(F)cccc1F)Nc1ccc(Oc2cc(Cl)c(Cl)c3ccccc23)cc1. The van der Waals surface area contributed by atoms with Gasteiger partial charge in [-0.3, -0.25) is 10.1 Å². The van der Waals surface area contributed by atoms with Gasteiger partial charge >= 0.3 is 6.03 Å². The summed E-state index contributed by atoms with van der Waals surface area (Å²) in [7, 11) is 0. The number of imide groups is 1.